The highest BCUT2D eigenvalue weighted by molar-refractivity contribution is 7.92. The normalized spacial score (nSPS) is 12.0. The first-order valence-corrected chi connectivity index (χ1v) is 8.46. The molecule has 2 rings (SSSR count). The predicted octanol–water partition coefficient (Wildman–Crippen LogP) is 4.77. The van der Waals surface area contributed by atoms with E-state index in [-0.39, 0.29) is 16.0 Å². The summed E-state index contributed by atoms with van der Waals surface area (Å²) < 4.78 is 66.0. The van der Waals surface area contributed by atoms with E-state index in [0.29, 0.717) is 5.69 Å². The number of hydrogen-bond acceptors (Lipinski definition) is 2. The lowest BCUT2D eigenvalue weighted by Gasteiger charge is -2.15. The first kappa shape index (κ1) is 18.1. The Labute approximate surface area is 138 Å². The van der Waals surface area contributed by atoms with Gasteiger partial charge >= 0.3 is 6.18 Å². The number of rotatable bonds is 4. The van der Waals surface area contributed by atoms with Crippen molar-refractivity contribution in [2.75, 3.05) is 4.72 Å². The molecule has 0 aromatic heterocycles. The first-order chi connectivity index (χ1) is 11.0. The largest absolute Gasteiger partial charge is 0.416 e. The maximum Gasteiger partial charge on any atom is 0.416 e. The lowest BCUT2D eigenvalue weighted by Crippen LogP contribution is -2.16. The minimum Gasteiger partial charge on any atom is -0.280 e. The molecule has 0 saturated heterocycles. The van der Waals surface area contributed by atoms with Gasteiger partial charge in [-0.3, -0.25) is 4.72 Å². The van der Waals surface area contributed by atoms with Gasteiger partial charge in [-0.15, -0.1) is 0 Å². The van der Waals surface area contributed by atoms with E-state index in [2.05, 4.69) is 11.3 Å². The molecule has 0 fully saturated rings. The van der Waals surface area contributed by atoms with Crippen molar-refractivity contribution in [3.63, 3.8) is 0 Å². The van der Waals surface area contributed by atoms with Crippen LogP contribution in [0.4, 0.5) is 18.9 Å². The average molecular weight is 355 g/mol. The Morgan fingerprint density at radius 2 is 1.62 bits per heavy atom. The standard InChI is InChI=1S/C17H16F3NO2S/c1-4-13-5-7-14(8-6-13)21-24(22,23)16-10-11(2)15(9-12(16)3)17(18,19)20/h4-10,21H,1H2,2-3H3. The number of nitrogens with one attached hydrogen (secondary N) is 1. The summed E-state index contributed by atoms with van der Waals surface area (Å²) in [6.07, 6.45) is -2.91. The van der Waals surface area contributed by atoms with Crippen LogP contribution in [0.2, 0.25) is 0 Å². The van der Waals surface area contributed by atoms with Gasteiger partial charge in [0.2, 0.25) is 0 Å². The summed E-state index contributed by atoms with van der Waals surface area (Å²) in [4.78, 5) is -0.180. The number of benzene rings is 2. The maximum atomic E-state index is 12.9. The lowest BCUT2D eigenvalue weighted by molar-refractivity contribution is -0.138. The van der Waals surface area contributed by atoms with Gasteiger partial charge in [0.1, 0.15) is 0 Å². The molecule has 2 aromatic carbocycles. The zero-order chi connectivity index (χ0) is 18.1. The second-order valence-electron chi connectivity index (χ2n) is 5.36. The molecule has 0 aliphatic heterocycles. The van der Waals surface area contributed by atoms with Crippen LogP contribution in [0.3, 0.4) is 0 Å². The third kappa shape index (κ3) is 3.79. The Balaban J connectivity index is 2.42. The van der Waals surface area contributed by atoms with E-state index in [9.17, 15) is 21.6 Å². The van der Waals surface area contributed by atoms with Gasteiger partial charge in [-0.2, -0.15) is 13.2 Å². The van der Waals surface area contributed by atoms with E-state index in [1.165, 1.54) is 13.8 Å². The Morgan fingerprint density at radius 1 is 1.04 bits per heavy atom. The summed E-state index contributed by atoms with van der Waals surface area (Å²) in [6, 6.07) is 8.36. The molecule has 3 nitrogen and oxygen atoms in total. The molecule has 0 bridgehead atoms. The van der Waals surface area contributed by atoms with Crippen molar-refractivity contribution in [1.82, 2.24) is 0 Å². The summed E-state index contributed by atoms with van der Waals surface area (Å²) in [5.41, 5.74) is 0.185. The molecular formula is C17H16F3NO2S. The summed E-state index contributed by atoms with van der Waals surface area (Å²) in [6.45, 7) is 6.18. The van der Waals surface area contributed by atoms with E-state index < -0.39 is 21.8 Å². The predicted molar refractivity (Wildman–Crippen MR) is 88.3 cm³/mol. The van der Waals surface area contributed by atoms with Gasteiger partial charge < -0.3 is 0 Å². The second-order valence-corrected chi connectivity index (χ2v) is 7.01. The van der Waals surface area contributed by atoms with Crippen LogP contribution in [0.25, 0.3) is 6.08 Å². The van der Waals surface area contributed by atoms with Crippen LogP contribution < -0.4 is 4.72 Å². The summed E-state index contributed by atoms with van der Waals surface area (Å²) >= 11 is 0. The second kappa shape index (κ2) is 6.32. The van der Waals surface area contributed by atoms with E-state index in [4.69, 9.17) is 0 Å². The third-order valence-electron chi connectivity index (χ3n) is 3.52. The molecule has 0 unspecified atom stereocenters. The highest BCUT2D eigenvalue weighted by Gasteiger charge is 2.33. The van der Waals surface area contributed by atoms with Crippen LogP contribution in [0.5, 0.6) is 0 Å². The molecule has 0 spiro atoms. The van der Waals surface area contributed by atoms with Crippen molar-refractivity contribution < 1.29 is 21.6 Å². The fourth-order valence-corrected chi connectivity index (χ4v) is 3.65. The molecule has 24 heavy (non-hydrogen) atoms. The van der Waals surface area contributed by atoms with E-state index >= 15 is 0 Å². The number of hydrogen-bond donors (Lipinski definition) is 1. The molecule has 0 radical (unpaired) electrons. The van der Waals surface area contributed by atoms with Crippen molar-refractivity contribution in [2.45, 2.75) is 24.9 Å². The molecule has 0 saturated carbocycles. The van der Waals surface area contributed by atoms with Crippen molar-refractivity contribution in [1.29, 1.82) is 0 Å². The van der Waals surface area contributed by atoms with E-state index in [0.717, 1.165) is 17.7 Å². The summed E-state index contributed by atoms with van der Waals surface area (Å²) in [5.74, 6) is 0. The number of aryl methyl sites for hydroxylation is 2. The molecule has 7 heteroatoms. The smallest absolute Gasteiger partial charge is 0.280 e. The summed E-state index contributed by atoms with van der Waals surface area (Å²) in [7, 11) is -3.99. The Bertz CT molecular complexity index is 870. The number of sulfonamides is 1. The molecule has 1 N–H and O–H groups in total. The van der Waals surface area contributed by atoms with E-state index in [1.807, 2.05) is 0 Å². The maximum absolute atomic E-state index is 12.9. The molecule has 2 aromatic rings. The molecular weight excluding hydrogens is 339 g/mol. The number of halogens is 3. The fraction of sp³-hybridized carbons (Fsp3) is 0.176. The number of anilines is 1. The zero-order valence-corrected chi connectivity index (χ0v) is 13.9. The monoisotopic (exact) mass is 355 g/mol. The van der Waals surface area contributed by atoms with Gasteiger partial charge in [-0.05, 0) is 54.8 Å². The molecule has 0 aliphatic carbocycles. The van der Waals surface area contributed by atoms with Crippen molar-refractivity contribution in [2.24, 2.45) is 0 Å². The van der Waals surface area contributed by atoms with Crippen molar-refractivity contribution in [3.8, 4) is 0 Å². The van der Waals surface area contributed by atoms with Crippen molar-refractivity contribution >= 4 is 21.8 Å². The van der Waals surface area contributed by atoms with Crippen molar-refractivity contribution in [3.05, 3.63) is 65.2 Å². The van der Waals surface area contributed by atoms with Gasteiger partial charge in [-0.25, -0.2) is 8.42 Å². The van der Waals surface area contributed by atoms with Crippen LogP contribution >= 0.6 is 0 Å². The van der Waals surface area contributed by atoms with E-state index in [1.54, 1.807) is 30.3 Å². The lowest BCUT2D eigenvalue weighted by atomic mass is 10.1. The van der Waals surface area contributed by atoms with Crippen LogP contribution in [-0.4, -0.2) is 8.42 Å². The molecule has 0 heterocycles. The van der Waals surface area contributed by atoms with Gasteiger partial charge in [0.05, 0.1) is 10.5 Å². The Kier molecular flexibility index (Phi) is 4.75. The van der Waals surface area contributed by atoms with Crippen LogP contribution in [0.1, 0.15) is 22.3 Å². The summed E-state index contributed by atoms with van der Waals surface area (Å²) in [5, 5.41) is 0. The Hall–Kier alpha value is -2.28. The topological polar surface area (TPSA) is 46.2 Å². The molecule has 0 aliphatic rings. The number of alkyl halides is 3. The minimum absolute atomic E-state index is 0.0307. The quantitative estimate of drug-likeness (QED) is 0.859. The van der Waals surface area contributed by atoms with Gasteiger partial charge in [0.25, 0.3) is 10.0 Å². The van der Waals surface area contributed by atoms with Gasteiger partial charge in [-0.1, -0.05) is 24.8 Å². The SMILES string of the molecule is C=Cc1ccc(NS(=O)(=O)c2cc(C)c(C(F)(F)F)cc2C)cc1. The highest BCUT2D eigenvalue weighted by atomic mass is 32.2. The Morgan fingerprint density at radius 3 is 2.12 bits per heavy atom. The van der Waals surface area contributed by atoms with Crippen LogP contribution in [0.15, 0.2) is 47.9 Å². The zero-order valence-electron chi connectivity index (χ0n) is 13.1. The third-order valence-corrected chi connectivity index (χ3v) is 5.04. The first-order valence-electron chi connectivity index (χ1n) is 6.98. The molecule has 128 valence electrons. The van der Waals surface area contributed by atoms with Crippen LogP contribution in [0, 0.1) is 13.8 Å². The van der Waals surface area contributed by atoms with Crippen LogP contribution in [-0.2, 0) is 16.2 Å². The highest BCUT2D eigenvalue weighted by Crippen LogP contribution is 2.34. The van der Waals surface area contributed by atoms with Gasteiger partial charge in [0, 0.05) is 5.69 Å². The minimum atomic E-state index is -4.52. The average Bonchev–Trinajstić information content (AvgIpc) is 2.48. The fourth-order valence-electron chi connectivity index (χ4n) is 2.28. The van der Waals surface area contributed by atoms with Gasteiger partial charge in [0.15, 0.2) is 0 Å². The molecule has 0 atom stereocenters. The molecule has 0 amide bonds.